The van der Waals surface area contributed by atoms with E-state index in [4.69, 9.17) is 21.9 Å². The number of aryl methyl sites for hydroxylation is 1. The van der Waals surface area contributed by atoms with Gasteiger partial charge in [0.15, 0.2) is 5.89 Å². The molecule has 1 heterocycles. The van der Waals surface area contributed by atoms with Gasteiger partial charge in [0.1, 0.15) is 0 Å². The summed E-state index contributed by atoms with van der Waals surface area (Å²) >= 11 is 5.84. The molecule has 1 fully saturated rings. The fourth-order valence-corrected chi connectivity index (χ4v) is 2.41. The molecule has 1 aliphatic carbocycles. The lowest BCUT2D eigenvalue weighted by atomic mass is 9.81. The van der Waals surface area contributed by atoms with Gasteiger partial charge in [-0.1, -0.05) is 0 Å². The van der Waals surface area contributed by atoms with Crippen molar-refractivity contribution < 1.29 is 9.21 Å². The number of amides is 1. The molecule has 1 aromatic heterocycles. The first-order chi connectivity index (χ1) is 8.11. The van der Waals surface area contributed by atoms with Gasteiger partial charge in [-0.15, -0.1) is 0 Å². The first-order valence-corrected chi connectivity index (χ1v) is 6.13. The van der Waals surface area contributed by atoms with Crippen LogP contribution >= 0.6 is 11.6 Å². The van der Waals surface area contributed by atoms with Crippen molar-refractivity contribution in [2.45, 2.75) is 38.5 Å². The molecule has 1 amide bonds. The van der Waals surface area contributed by atoms with Crippen LogP contribution in [0.3, 0.4) is 0 Å². The van der Waals surface area contributed by atoms with Crippen molar-refractivity contribution in [1.29, 1.82) is 0 Å². The summed E-state index contributed by atoms with van der Waals surface area (Å²) in [6.07, 6.45) is 3.39. The second-order valence-electron chi connectivity index (χ2n) is 4.47. The Balaban J connectivity index is 1.97. The SMILES string of the molecule is Cc1nc(C2CCC(C(=O)NN)CC2)oc1Cl. The molecule has 0 aromatic carbocycles. The molecule has 5 nitrogen and oxygen atoms in total. The van der Waals surface area contributed by atoms with Crippen LogP contribution in [0, 0.1) is 12.8 Å². The van der Waals surface area contributed by atoms with Crippen LogP contribution in [0.15, 0.2) is 4.42 Å². The standard InChI is InChI=1S/C11H16ClN3O2/c1-6-9(12)17-11(14-6)8-4-2-7(3-5-8)10(16)15-13/h7-8H,2-5,13H2,1H3,(H,15,16). The fraction of sp³-hybridized carbons (Fsp3) is 0.636. The molecule has 1 aromatic rings. The molecule has 1 saturated carbocycles. The molecule has 0 spiro atoms. The normalized spacial score (nSPS) is 24.6. The zero-order chi connectivity index (χ0) is 12.4. The number of hydrogen-bond donors (Lipinski definition) is 2. The number of nitrogens with one attached hydrogen (secondary N) is 1. The van der Waals surface area contributed by atoms with E-state index in [1.165, 1.54) is 0 Å². The van der Waals surface area contributed by atoms with E-state index in [-0.39, 0.29) is 17.7 Å². The largest absolute Gasteiger partial charge is 0.429 e. The van der Waals surface area contributed by atoms with Gasteiger partial charge in [-0.05, 0) is 44.2 Å². The number of nitrogens with zero attached hydrogens (tertiary/aromatic N) is 1. The summed E-state index contributed by atoms with van der Waals surface area (Å²) in [4.78, 5) is 15.7. The number of nitrogens with two attached hydrogens (primary N) is 1. The zero-order valence-electron chi connectivity index (χ0n) is 9.70. The van der Waals surface area contributed by atoms with Gasteiger partial charge in [-0.25, -0.2) is 10.8 Å². The lowest BCUT2D eigenvalue weighted by Crippen LogP contribution is -2.37. The van der Waals surface area contributed by atoms with Gasteiger partial charge in [0.05, 0.1) is 5.69 Å². The van der Waals surface area contributed by atoms with Crippen molar-refractivity contribution in [2.24, 2.45) is 11.8 Å². The minimum absolute atomic E-state index is 0.0165. The molecule has 0 aliphatic heterocycles. The summed E-state index contributed by atoms with van der Waals surface area (Å²) in [5, 5.41) is 0.363. The number of aromatic nitrogens is 1. The molecule has 94 valence electrons. The second-order valence-corrected chi connectivity index (χ2v) is 4.81. The van der Waals surface area contributed by atoms with Crippen LogP contribution in [0.1, 0.15) is 43.2 Å². The number of hydrogen-bond acceptors (Lipinski definition) is 4. The van der Waals surface area contributed by atoms with Crippen LogP contribution in [-0.4, -0.2) is 10.9 Å². The second kappa shape index (κ2) is 5.06. The van der Waals surface area contributed by atoms with E-state index in [1.807, 2.05) is 6.92 Å². The Bertz CT molecular complexity index is 391. The highest BCUT2D eigenvalue weighted by Gasteiger charge is 2.29. The summed E-state index contributed by atoms with van der Waals surface area (Å²) < 4.78 is 5.40. The van der Waals surface area contributed by atoms with Crippen molar-refractivity contribution in [1.82, 2.24) is 10.4 Å². The molecule has 1 aliphatic rings. The van der Waals surface area contributed by atoms with Gasteiger partial charge < -0.3 is 4.42 Å². The zero-order valence-corrected chi connectivity index (χ0v) is 10.5. The van der Waals surface area contributed by atoms with E-state index in [0.29, 0.717) is 11.1 Å². The molecular formula is C11H16ClN3O2. The average Bonchev–Trinajstić information content (AvgIpc) is 2.69. The maximum Gasteiger partial charge on any atom is 0.236 e. The van der Waals surface area contributed by atoms with Crippen LogP contribution in [0.4, 0.5) is 0 Å². The van der Waals surface area contributed by atoms with E-state index >= 15 is 0 Å². The molecule has 0 atom stereocenters. The third-order valence-corrected chi connectivity index (χ3v) is 3.70. The van der Waals surface area contributed by atoms with E-state index in [9.17, 15) is 4.79 Å². The van der Waals surface area contributed by atoms with Crippen LogP contribution in [0.5, 0.6) is 0 Å². The topological polar surface area (TPSA) is 81.2 Å². The van der Waals surface area contributed by atoms with Gasteiger partial charge >= 0.3 is 0 Å². The van der Waals surface area contributed by atoms with E-state index < -0.39 is 0 Å². The molecule has 0 bridgehead atoms. The van der Waals surface area contributed by atoms with Crippen molar-refractivity contribution in [3.05, 3.63) is 16.8 Å². The molecule has 0 radical (unpaired) electrons. The molecule has 6 heteroatoms. The molecule has 0 unspecified atom stereocenters. The summed E-state index contributed by atoms with van der Waals surface area (Å²) in [6, 6.07) is 0. The van der Waals surface area contributed by atoms with Crippen LogP contribution in [0.2, 0.25) is 5.22 Å². The Morgan fingerprint density at radius 3 is 2.59 bits per heavy atom. The Morgan fingerprint density at radius 2 is 2.12 bits per heavy atom. The smallest absolute Gasteiger partial charge is 0.236 e. The van der Waals surface area contributed by atoms with Crippen molar-refractivity contribution in [3.63, 3.8) is 0 Å². The summed E-state index contributed by atoms with van der Waals surface area (Å²) in [5.74, 6) is 6.02. The monoisotopic (exact) mass is 257 g/mol. The first kappa shape index (κ1) is 12.4. The molecule has 17 heavy (non-hydrogen) atoms. The van der Waals surface area contributed by atoms with E-state index in [0.717, 1.165) is 31.4 Å². The molecule has 0 saturated heterocycles. The predicted molar refractivity (Wildman–Crippen MR) is 63.3 cm³/mol. The molecule has 3 N–H and O–H groups in total. The van der Waals surface area contributed by atoms with Gasteiger partial charge in [-0.3, -0.25) is 10.2 Å². The average molecular weight is 258 g/mol. The quantitative estimate of drug-likeness (QED) is 0.482. The van der Waals surface area contributed by atoms with Gasteiger partial charge in [-0.2, -0.15) is 0 Å². The Kier molecular flexibility index (Phi) is 3.69. The Labute approximate surface area is 105 Å². The minimum Gasteiger partial charge on any atom is -0.429 e. The highest BCUT2D eigenvalue weighted by molar-refractivity contribution is 6.29. The van der Waals surface area contributed by atoms with Gasteiger partial charge in [0, 0.05) is 11.8 Å². The number of rotatable bonds is 2. The predicted octanol–water partition coefficient (Wildman–Crippen LogP) is 1.90. The lowest BCUT2D eigenvalue weighted by Gasteiger charge is -2.25. The van der Waals surface area contributed by atoms with Crippen molar-refractivity contribution in [2.75, 3.05) is 0 Å². The first-order valence-electron chi connectivity index (χ1n) is 5.75. The highest BCUT2D eigenvalue weighted by atomic mass is 35.5. The number of halogens is 1. The van der Waals surface area contributed by atoms with Gasteiger partial charge in [0.2, 0.25) is 11.1 Å². The number of carbonyl (C=O) groups is 1. The van der Waals surface area contributed by atoms with Gasteiger partial charge in [0.25, 0.3) is 0 Å². The van der Waals surface area contributed by atoms with Crippen LogP contribution in [-0.2, 0) is 4.79 Å². The highest BCUT2D eigenvalue weighted by Crippen LogP contribution is 2.36. The third kappa shape index (κ3) is 2.61. The van der Waals surface area contributed by atoms with Crippen LogP contribution < -0.4 is 11.3 Å². The Morgan fingerprint density at radius 1 is 1.47 bits per heavy atom. The maximum absolute atomic E-state index is 11.4. The van der Waals surface area contributed by atoms with E-state index in [2.05, 4.69) is 10.4 Å². The number of carbonyl (C=O) groups excluding carboxylic acids is 1. The molecule has 2 rings (SSSR count). The van der Waals surface area contributed by atoms with Crippen molar-refractivity contribution >= 4 is 17.5 Å². The third-order valence-electron chi connectivity index (χ3n) is 3.35. The summed E-state index contributed by atoms with van der Waals surface area (Å²) in [7, 11) is 0. The summed E-state index contributed by atoms with van der Waals surface area (Å²) in [5.41, 5.74) is 2.93. The van der Waals surface area contributed by atoms with Crippen LogP contribution in [0.25, 0.3) is 0 Å². The van der Waals surface area contributed by atoms with Crippen molar-refractivity contribution in [3.8, 4) is 0 Å². The molecular weight excluding hydrogens is 242 g/mol. The minimum atomic E-state index is -0.0786. The van der Waals surface area contributed by atoms with E-state index in [1.54, 1.807) is 0 Å². The fourth-order valence-electron chi connectivity index (χ4n) is 2.29. The number of oxazole rings is 1. The lowest BCUT2D eigenvalue weighted by molar-refractivity contribution is -0.126. The Hall–Kier alpha value is -1.07. The maximum atomic E-state index is 11.4. The number of hydrazine groups is 1. The summed E-state index contributed by atoms with van der Waals surface area (Å²) in [6.45, 7) is 1.82.